The van der Waals surface area contributed by atoms with Gasteiger partial charge in [0.2, 0.25) is 11.8 Å². The molecule has 8 heteroatoms. The van der Waals surface area contributed by atoms with E-state index in [0.29, 0.717) is 25.3 Å². The summed E-state index contributed by atoms with van der Waals surface area (Å²) in [5.74, 6) is -0.142. The molecule has 2 saturated heterocycles. The van der Waals surface area contributed by atoms with Crippen molar-refractivity contribution < 1.29 is 19.1 Å². The van der Waals surface area contributed by atoms with Gasteiger partial charge >= 0.3 is 5.97 Å². The summed E-state index contributed by atoms with van der Waals surface area (Å²) < 4.78 is 5.48. The average molecular weight is 457 g/mol. The molecule has 0 radical (unpaired) electrons. The van der Waals surface area contributed by atoms with Crippen LogP contribution in [0.1, 0.15) is 57.9 Å². The maximum atomic E-state index is 12.6. The maximum Gasteiger partial charge on any atom is 0.320 e. The first-order valence-corrected chi connectivity index (χ1v) is 12.0. The van der Waals surface area contributed by atoms with Gasteiger partial charge in [0.1, 0.15) is 11.6 Å². The highest BCUT2D eigenvalue weighted by Gasteiger charge is 2.36. The van der Waals surface area contributed by atoms with Gasteiger partial charge in [0, 0.05) is 26.6 Å². The van der Waals surface area contributed by atoms with E-state index in [1.165, 1.54) is 11.3 Å². The smallest absolute Gasteiger partial charge is 0.320 e. The van der Waals surface area contributed by atoms with Crippen LogP contribution in [-0.4, -0.2) is 74.1 Å². The molecule has 4 rings (SSSR count). The molecule has 1 aromatic carbocycles. The lowest BCUT2D eigenvalue weighted by Gasteiger charge is -2.44. The number of esters is 1. The molecule has 1 N–H and O–H groups in total. The van der Waals surface area contributed by atoms with Crippen LogP contribution in [0.5, 0.6) is 0 Å². The third-order valence-corrected chi connectivity index (χ3v) is 6.80. The standard InChI is InChI=1S/C25H36N4O4/c1-25(2,3)33-22(31)16-28-12-10-17(11-13-28)18-6-5-7-19-23(18)27(4)14-15-29(19)20-8-9-21(30)26-24(20)32/h5-7,17,20H,8-16H2,1-4H3,(H,26,30,32)/t20-/m1/s1. The highest BCUT2D eigenvalue weighted by Crippen LogP contribution is 2.43. The maximum absolute atomic E-state index is 12.6. The summed E-state index contributed by atoms with van der Waals surface area (Å²) in [5.41, 5.74) is 3.12. The number of likely N-dealkylation sites (tertiary alicyclic amines) is 1. The van der Waals surface area contributed by atoms with Crippen LogP contribution < -0.4 is 15.1 Å². The second kappa shape index (κ2) is 9.33. The molecule has 3 aliphatic rings. The van der Waals surface area contributed by atoms with E-state index in [4.69, 9.17) is 4.74 Å². The van der Waals surface area contributed by atoms with E-state index in [-0.39, 0.29) is 23.8 Å². The van der Waals surface area contributed by atoms with Crippen molar-refractivity contribution in [2.45, 2.75) is 64.0 Å². The van der Waals surface area contributed by atoms with Crippen molar-refractivity contribution in [1.29, 1.82) is 0 Å². The zero-order valence-electron chi connectivity index (χ0n) is 20.2. The van der Waals surface area contributed by atoms with E-state index >= 15 is 0 Å². The quantitative estimate of drug-likeness (QED) is 0.550. The number of hydrogen-bond donors (Lipinski definition) is 1. The first-order valence-electron chi connectivity index (χ1n) is 12.0. The molecule has 2 amide bonds. The van der Waals surface area contributed by atoms with Gasteiger partial charge in [0.05, 0.1) is 17.9 Å². The zero-order chi connectivity index (χ0) is 23.8. The van der Waals surface area contributed by atoms with Gasteiger partial charge in [0.15, 0.2) is 0 Å². The number of benzene rings is 1. The number of carbonyl (C=O) groups excluding carboxylic acids is 3. The third-order valence-electron chi connectivity index (χ3n) is 6.80. The summed E-state index contributed by atoms with van der Waals surface area (Å²) in [5, 5.41) is 2.50. The Bertz CT molecular complexity index is 917. The molecule has 3 heterocycles. The van der Waals surface area contributed by atoms with Gasteiger partial charge in [0.25, 0.3) is 0 Å². The number of piperidine rings is 2. The van der Waals surface area contributed by atoms with Crippen molar-refractivity contribution in [3.63, 3.8) is 0 Å². The highest BCUT2D eigenvalue weighted by molar-refractivity contribution is 6.02. The van der Waals surface area contributed by atoms with Crippen molar-refractivity contribution >= 4 is 29.2 Å². The Balaban J connectivity index is 1.48. The number of nitrogens with zero attached hydrogens (tertiary/aromatic N) is 3. The minimum Gasteiger partial charge on any atom is -0.459 e. The molecule has 1 aromatic rings. The van der Waals surface area contributed by atoms with Crippen molar-refractivity contribution in [3.8, 4) is 0 Å². The van der Waals surface area contributed by atoms with Crippen LogP contribution in [0, 0.1) is 0 Å². The van der Waals surface area contributed by atoms with Gasteiger partial charge in [-0.2, -0.15) is 0 Å². The SMILES string of the molecule is CN1CCN([C@@H]2CCC(=O)NC2=O)c2cccc(C3CCN(CC(=O)OC(C)(C)C)CC3)c21. The molecule has 0 aromatic heterocycles. The molecule has 0 saturated carbocycles. The number of amides is 2. The second-order valence-corrected chi connectivity index (χ2v) is 10.4. The summed E-state index contributed by atoms with van der Waals surface area (Å²) in [6.45, 7) is 9.31. The second-order valence-electron chi connectivity index (χ2n) is 10.4. The fourth-order valence-corrected chi connectivity index (χ4v) is 5.28. The van der Waals surface area contributed by atoms with Crippen molar-refractivity contribution in [2.75, 3.05) is 49.6 Å². The predicted octanol–water partition coefficient (Wildman–Crippen LogP) is 2.27. The normalized spacial score (nSPS) is 22.7. The van der Waals surface area contributed by atoms with E-state index in [9.17, 15) is 14.4 Å². The van der Waals surface area contributed by atoms with Gasteiger partial charge in [-0.15, -0.1) is 0 Å². The predicted molar refractivity (Wildman–Crippen MR) is 127 cm³/mol. The van der Waals surface area contributed by atoms with Crippen LogP contribution in [0.4, 0.5) is 11.4 Å². The number of ether oxygens (including phenoxy) is 1. The number of hydrogen-bond acceptors (Lipinski definition) is 7. The zero-order valence-corrected chi connectivity index (χ0v) is 20.2. The molecule has 2 fully saturated rings. The number of likely N-dealkylation sites (N-methyl/N-ethyl adjacent to an activating group) is 1. The van der Waals surface area contributed by atoms with Crippen molar-refractivity contribution in [1.82, 2.24) is 10.2 Å². The molecule has 0 bridgehead atoms. The van der Waals surface area contributed by atoms with E-state index < -0.39 is 5.60 Å². The summed E-state index contributed by atoms with van der Waals surface area (Å²) in [6.07, 6.45) is 2.89. The van der Waals surface area contributed by atoms with Crippen molar-refractivity contribution in [3.05, 3.63) is 23.8 Å². The minimum atomic E-state index is -0.461. The molecule has 180 valence electrons. The number of rotatable bonds is 4. The van der Waals surface area contributed by atoms with Gasteiger partial charge in [-0.25, -0.2) is 0 Å². The lowest BCUT2D eigenvalue weighted by Crippen LogP contribution is -2.55. The Morgan fingerprint density at radius 2 is 1.82 bits per heavy atom. The van der Waals surface area contributed by atoms with Crippen LogP contribution in [0.2, 0.25) is 0 Å². The van der Waals surface area contributed by atoms with E-state index in [1.807, 2.05) is 20.8 Å². The van der Waals surface area contributed by atoms with E-state index in [0.717, 1.165) is 44.7 Å². The lowest BCUT2D eigenvalue weighted by molar-refractivity contribution is -0.156. The fraction of sp³-hybridized carbons (Fsp3) is 0.640. The summed E-state index contributed by atoms with van der Waals surface area (Å²) in [6, 6.07) is 6.08. The molecule has 33 heavy (non-hydrogen) atoms. The monoisotopic (exact) mass is 456 g/mol. The molecule has 8 nitrogen and oxygen atoms in total. The molecule has 0 unspecified atom stereocenters. The van der Waals surface area contributed by atoms with Gasteiger partial charge in [-0.3, -0.25) is 24.6 Å². The molecular weight excluding hydrogens is 420 g/mol. The largest absolute Gasteiger partial charge is 0.459 e. The van der Waals surface area contributed by atoms with Crippen molar-refractivity contribution in [2.24, 2.45) is 0 Å². The Morgan fingerprint density at radius 1 is 1.09 bits per heavy atom. The molecule has 0 spiro atoms. The number of para-hydroxylation sites is 1. The highest BCUT2D eigenvalue weighted by atomic mass is 16.6. The number of carbonyl (C=O) groups is 3. The van der Waals surface area contributed by atoms with Gasteiger partial charge < -0.3 is 14.5 Å². The summed E-state index contributed by atoms with van der Waals surface area (Å²) >= 11 is 0. The minimum absolute atomic E-state index is 0.169. The summed E-state index contributed by atoms with van der Waals surface area (Å²) in [7, 11) is 2.11. The molecular formula is C25H36N4O4. The fourth-order valence-electron chi connectivity index (χ4n) is 5.28. The molecule has 3 aliphatic heterocycles. The number of imide groups is 1. The number of fused-ring (bicyclic) bond motifs is 1. The first kappa shape index (κ1) is 23.5. The molecule has 0 aliphatic carbocycles. The topological polar surface area (TPSA) is 82.2 Å². The van der Waals surface area contributed by atoms with Crippen LogP contribution in [0.3, 0.4) is 0 Å². The third kappa shape index (κ3) is 5.32. The Hall–Kier alpha value is -2.61. The lowest BCUT2D eigenvalue weighted by atomic mass is 9.86. The van der Waals surface area contributed by atoms with E-state index in [2.05, 4.69) is 45.3 Å². The average Bonchev–Trinajstić information content (AvgIpc) is 2.73. The summed E-state index contributed by atoms with van der Waals surface area (Å²) in [4.78, 5) is 43.1. The Labute approximate surface area is 196 Å². The van der Waals surface area contributed by atoms with E-state index in [1.54, 1.807) is 0 Å². The number of anilines is 2. The van der Waals surface area contributed by atoms with Gasteiger partial charge in [-0.1, -0.05) is 12.1 Å². The molecule has 1 atom stereocenters. The Kier molecular flexibility index (Phi) is 6.66. The number of nitrogens with one attached hydrogen (secondary N) is 1. The first-order chi connectivity index (χ1) is 15.6. The van der Waals surface area contributed by atoms with Crippen LogP contribution in [0.15, 0.2) is 18.2 Å². The van der Waals surface area contributed by atoms with Crippen LogP contribution >= 0.6 is 0 Å². The van der Waals surface area contributed by atoms with Crippen LogP contribution in [0.25, 0.3) is 0 Å². The van der Waals surface area contributed by atoms with Crippen LogP contribution in [-0.2, 0) is 19.1 Å². The Morgan fingerprint density at radius 3 is 2.48 bits per heavy atom. The van der Waals surface area contributed by atoms with Gasteiger partial charge in [-0.05, 0) is 70.7 Å².